The fraction of sp³-hybridized carbons (Fsp3) is 0.833. The summed E-state index contributed by atoms with van der Waals surface area (Å²) in [6.07, 6.45) is 12.0. The van der Waals surface area contributed by atoms with Crippen molar-refractivity contribution in [1.29, 1.82) is 0 Å². The maximum absolute atomic E-state index is 11.0. The van der Waals surface area contributed by atoms with Crippen molar-refractivity contribution in [2.75, 3.05) is 0 Å². The summed E-state index contributed by atoms with van der Waals surface area (Å²) in [5, 5.41) is 21.8. The molecule has 2 fully saturated rings. The van der Waals surface area contributed by atoms with Crippen molar-refractivity contribution >= 4 is 6.29 Å². The van der Waals surface area contributed by atoms with Gasteiger partial charge in [0.25, 0.3) is 0 Å². The van der Waals surface area contributed by atoms with E-state index in [-0.39, 0.29) is 33.7 Å². The largest absolute Gasteiger partial charge is 0.393 e. The van der Waals surface area contributed by atoms with Gasteiger partial charge < -0.3 is 10.2 Å². The Labute approximate surface area is 202 Å². The van der Waals surface area contributed by atoms with E-state index in [1.54, 1.807) is 11.1 Å². The maximum atomic E-state index is 11.0. The molecule has 2 saturated carbocycles. The van der Waals surface area contributed by atoms with E-state index in [0.29, 0.717) is 23.8 Å². The first-order chi connectivity index (χ1) is 15.3. The monoisotopic (exact) mass is 456 g/mol. The predicted molar refractivity (Wildman–Crippen MR) is 135 cm³/mol. The lowest BCUT2D eigenvalue weighted by Crippen LogP contribution is -2.55. The first-order valence-electron chi connectivity index (χ1n) is 13.5. The van der Waals surface area contributed by atoms with Crippen molar-refractivity contribution in [1.82, 2.24) is 0 Å². The van der Waals surface area contributed by atoms with Crippen molar-refractivity contribution in [3.63, 3.8) is 0 Å². The van der Waals surface area contributed by atoms with Gasteiger partial charge in [-0.25, -0.2) is 0 Å². The van der Waals surface area contributed by atoms with Crippen molar-refractivity contribution in [2.24, 2.45) is 39.4 Å². The third kappa shape index (κ3) is 3.54. The summed E-state index contributed by atoms with van der Waals surface area (Å²) in [6.45, 7) is 16.2. The molecule has 0 aliphatic heterocycles. The Hall–Kier alpha value is -0.930. The second kappa shape index (κ2) is 8.33. The highest BCUT2D eigenvalue weighted by atomic mass is 16.3. The molecule has 186 valence electrons. The molecule has 4 aliphatic carbocycles. The summed E-state index contributed by atoms with van der Waals surface area (Å²) in [7, 11) is 0. The molecule has 0 heterocycles. The van der Waals surface area contributed by atoms with Gasteiger partial charge in [-0.15, -0.1) is 0 Å². The Morgan fingerprint density at radius 1 is 1.03 bits per heavy atom. The van der Waals surface area contributed by atoms with Gasteiger partial charge in [-0.1, -0.05) is 58.8 Å². The van der Waals surface area contributed by atoms with E-state index in [1.807, 2.05) is 13.0 Å². The normalized spacial score (nSPS) is 44.5. The van der Waals surface area contributed by atoms with Crippen LogP contribution in [0.2, 0.25) is 0 Å². The van der Waals surface area contributed by atoms with Crippen LogP contribution in [0.1, 0.15) is 106 Å². The molecule has 0 saturated heterocycles. The minimum absolute atomic E-state index is 0.0167. The SMILES string of the molecule is CC(C=O)=CC[C@H](O)[C@@H](C)[C@H]1CC[C@@]2(C)C3=C(CC[C@]12C)[C@@]1(C)CC[C@@H](O)C(C)(C)[C@@H]1CC3. The number of hydrogen-bond acceptors (Lipinski definition) is 3. The van der Waals surface area contributed by atoms with E-state index < -0.39 is 6.10 Å². The second-order valence-corrected chi connectivity index (χ2v) is 13.5. The van der Waals surface area contributed by atoms with Crippen LogP contribution in [0.3, 0.4) is 0 Å². The van der Waals surface area contributed by atoms with Crippen LogP contribution in [-0.2, 0) is 4.79 Å². The summed E-state index contributed by atoms with van der Waals surface area (Å²) in [5.74, 6) is 1.29. The van der Waals surface area contributed by atoms with Crippen LogP contribution < -0.4 is 0 Å². The number of rotatable bonds is 5. The van der Waals surface area contributed by atoms with Crippen LogP contribution >= 0.6 is 0 Å². The van der Waals surface area contributed by atoms with Crippen LogP contribution in [-0.4, -0.2) is 28.7 Å². The molecule has 0 aromatic rings. The van der Waals surface area contributed by atoms with Gasteiger partial charge in [0.15, 0.2) is 0 Å². The van der Waals surface area contributed by atoms with Gasteiger partial charge in [-0.05, 0) is 110 Å². The van der Waals surface area contributed by atoms with Gasteiger partial charge in [0.1, 0.15) is 6.29 Å². The second-order valence-electron chi connectivity index (χ2n) is 13.5. The number of aliphatic hydroxyl groups is 2. The van der Waals surface area contributed by atoms with Crippen molar-refractivity contribution in [3.05, 3.63) is 22.8 Å². The molecule has 3 heteroatoms. The number of carbonyl (C=O) groups excluding carboxylic acids is 1. The topological polar surface area (TPSA) is 57.5 Å². The third-order valence-electron chi connectivity index (χ3n) is 11.9. The quantitative estimate of drug-likeness (QED) is 0.277. The zero-order chi connectivity index (χ0) is 24.4. The summed E-state index contributed by atoms with van der Waals surface area (Å²) in [5.41, 5.74) is 4.84. The predicted octanol–water partition coefficient (Wildman–Crippen LogP) is 6.63. The van der Waals surface area contributed by atoms with Crippen molar-refractivity contribution in [3.8, 4) is 0 Å². The molecule has 0 unspecified atom stereocenters. The minimum atomic E-state index is -0.395. The molecular formula is C30H48O3. The molecule has 0 bridgehead atoms. The Balaban J connectivity index is 1.65. The third-order valence-corrected chi connectivity index (χ3v) is 11.9. The average molecular weight is 457 g/mol. The van der Waals surface area contributed by atoms with Gasteiger partial charge in [-0.2, -0.15) is 0 Å². The van der Waals surface area contributed by atoms with Crippen LogP contribution in [0, 0.1) is 39.4 Å². The van der Waals surface area contributed by atoms with Gasteiger partial charge in [0.2, 0.25) is 0 Å². The van der Waals surface area contributed by atoms with E-state index in [4.69, 9.17) is 0 Å². The molecule has 33 heavy (non-hydrogen) atoms. The zero-order valence-electron chi connectivity index (χ0n) is 22.2. The minimum Gasteiger partial charge on any atom is -0.393 e. The molecule has 4 aliphatic rings. The maximum Gasteiger partial charge on any atom is 0.145 e. The van der Waals surface area contributed by atoms with E-state index in [2.05, 4.69) is 41.5 Å². The number of fused-ring (bicyclic) bond motifs is 4. The fourth-order valence-corrected chi connectivity index (χ4v) is 9.40. The summed E-state index contributed by atoms with van der Waals surface area (Å²) >= 11 is 0. The Kier molecular flexibility index (Phi) is 6.35. The summed E-state index contributed by atoms with van der Waals surface area (Å²) in [6, 6.07) is 0. The molecule has 0 radical (unpaired) electrons. The number of allylic oxidation sites excluding steroid dienone is 3. The Morgan fingerprint density at radius 3 is 2.39 bits per heavy atom. The van der Waals surface area contributed by atoms with Gasteiger partial charge >= 0.3 is 0 Å². The first kappa shape index (κ1) is 25.2. The Bertz CT molecular complexity index is 853. The molecule has 3 nitrogen and oxygen atoms in total. The lowest BCUT2D eigenvalue weighted by Gasteiger charge is -2.62. The van der Waals surface area contributed by atoms with Crippen LogP contribution in [0.4, 0.5) is 0 Å². The molecule has 0 aromatic heterocycles. The van der Waals surface area contributed by atoms with Crippen molar-refractivity contribution < 1.29 is 15.0 Å². The molecule has 0 aromatic carbocycles. The Morgan fingerprint density at radius 2 is 1.73 bits per heavy atom. The number of aldehydes is 1. The standard InChI is InChI=1S/C30H48O3/c1-19(18-31)8-10-24(32)20(2)21-12-16-30(7)23-9-11-25-27(3,4)26(33)14-15-28(25,5)22(23)13-17-29(21,30)6/h8,18,20-21,24-26,32-33H,9-17H2,1-7H3/t20-,21+,24-,25-,26+,28+,29+,30-/m0/s1. The molecule has 4 rings (SSSR count). The average Bonchev–Trinajstić information content (AvgIpc) is 3.05. The van der Waals surface area contributed by atoms with E-state index >= 15 is 0 Å². The van der Waals surface area contributed by atoms with E-state index in [1.165, 1.54) is 38.5 Å². The van der Waals surface area contributed by atoms with E-state index in [0.717, 1.165) is 19.1 Å². The fourth-order valence-electron chi connectivity index (χ4n) is 9.40. The van der Waals surface area contributed by atoms with Crippen LogP contribution in [0.15, 0.2) is 22.8 Å². The van der Waals surface area contributed by atoms with E-state index in [9.17, 15) is 15.0 Å². The summed E-state index contributed by atoms with van der Waals surface area (Å²) < 4.78 is 0. The van der Waals surface area contributed by atoms with Gasteiger partial charge in [-0.3, -0.25) is 4.79 Å². The zero-order valence-corrected chi connectivity index (χ0v) is 22.2. The van der Waals surface area contributed by atoms with Crippen LogP contribution in [0.5, 0.6) is 0 Å². The lowest BCUT2D eigenvalue weighted by molar-refractivity contribution is -0.104. The molecular weight excluding hydrogens is 408 g/mol. The highest BCUT2D eigenvalue weighted by Gasteiger charge is 2.63. The molecule has 0 amide bonds. The van der Waals surface area contributed by atoms with Gasteiger partial charge in [0.05, 0.1) is 12.2 Å². The number of aliphatic hydroxyl groups excluding tert-OH is 2. The molecule has 2 N–H and O–H groups in total. The highest BCUT2D eigenvalue weighted by Crippen LogP contribution is 2.72. The molecule has 8 atom stereocenters. The molecule has 0 spiro atoms. The highest BCUT2D eigenvalue weighted by molar-refractivity contribution is 5.71. The number of hydrogen-bond donors (Lipinski definition) is 2. The number of carbonyl (C=O) groups is 1. The van der Waals surface area contributed by atoms with Crippen molar-refractivity contribution in [2.45, 2.75) is 118 Å². The first-order valence-corrected chi connectivity index (χ1v) is 13.5. The van der Waals surface area contributed by atoms with Crippen LogP contribution in [0.25, 0.3) is 0 Å². The van der Waals surface area contributed by atoms with Gasteiger partial charge in [0, 0.05) is 0 Å². The lowest BCUT2D eigenvalue weighted by atomic mass is 9.43. The summed E-state index contributed by atoms with van der Waals surface area (Å²) in [4.78, 5) is 11.0. The smallest absolute Gasteiger partial charge is 0.145 e.